The van der Waals surface area contributed by atoms with Gasteiger partial charge in [0.25, 0.3) is 0 Å². The van der Waals surface area contributed by atoms with Crippen molar-refractivity contribution in [2.24, 2.45) is 5.92 Å². The van der Waals surface area contributed by atoms with Crippen LogP contribution in [0.15, 0.2) is 42.5 Å². The summed E-state index contributed by atoms with van der Waals surface area (Å²) in [7, 11) is 3.49. The van der Waals surface area contributed by atoms with Gasteiger partial charge in [0, 0.05) is 69.7 Å². The molecule has 0 radical (unpaired) electrons. The van der Waals surface area contributed by atoms with Crippen LogP contribution in [0.2, 0.25) is 15.1 Å². The van der Waals surface area contributed by atoms with Crippen molar-refractivity contribution in [1.82, 2.24) is 14.7 Å². The lowest BCUT2D eigenvalue weighted by molar-refractivity contribution is -0.139. The maximum Gasteiger partial charge on any atom is 0.324 e. The first-order valence-corrected chi connectivity index (χ1v) is 13.5. The molecule has 0 bridgehead atoms. The van der Waals surface area contributed by atoms with Crippen LogP contribution in [0.1, 0.15) is 31.2 Å². The van der Waals surface area contributed by atoms with Gasteiger partial charge in [0.2, 0.25) is 11.8 Å². The normalized spacial score (nSPS) is 20.2. The van der Waals surface area contributed by atoms with Crippen LogP contribution in [0.3, 0.4) is 0 Å². The number of piperidine rings is 1. The van der Waals surface area contributed by atoms with Gasteiger partial charge in [-0.15, -0.1) is 0 Å². The lowest BCUT2D eigenvalue weighted by Gasteiger charge is -2.33. The number of likely N-dealkylation sites (tertiary alicyclic amines) is 2. The zero-order chi connectivity index (χ0) is 26.9. The second kappa shape index (κ2) is 11.5. The van der Waals surface area contributed by atoms with Crippen LogP contribution >= 0.6 is 34.8 Å². The molecular formula is C27H31Cl3N4O3. The monoisotopic (exact) mass is 564 g/mol. The van der Waals surface area contributed by atoms with E-state index in [1.54, 1.807) is 66.1 Å². The maximum atomic E-state index is 13.5. The summed E-state index contributed by atoms with van der Waals surface area (Å²) >= 11 is 18.5. The van der Waals surface area contributed by atoms with Gasteiger partial charge in [-0.3, -0.25) is 14.5 Å². The van der Waals surface area contributed by atoms with Crippen LogP contribution in [0.25, 0.3) is 0 Å². The number of nitrogens with zero attached hydrogens (tertiary/aromatic N) is 4. The number of halogens is 3. The predicted octanol–water partition coefficient (Wildman–Crippen LogP) is 5.39. The van der Waals surface area contributed by atoms with Gasteiger partial charge in [-0.25, -0.2) is 4.79 Å². The minimum atomic E-state index is -0.263. The van der Waals surface area contributed by atoms with Gasteiger partial charge < -0.3 is 14.7 Å². The zero-order valence-corrected chi connectivity index (χ0v) is 23.4. The summed E-state index contributed by atoms with van der Waals surface area (Å²) in [6.07, 6.45) is 1.29. The molecule has 2 saturated heterocycles. The number of amides is 4. The maximum absolute atomic E-state index is 13.5. The molecule has 7 nitrogen and oxygen atoms in total. The number of benzene rings is 2. The lowest BCUT2D eigenvalue weighted by atomic mass is 9.93. The van der Waals surface area contributed by atoms with E-state index in [-0.39, 0.29) is 35.7 Å². The summed E-state index contributed by atoms with van der Waals surface area (Å²) in [6, 6.07) is 12.1. The predicted molar refractivity (Wildman–Crippen MR) is 148 cm³/mol. The van der Waals surface area contributed by atoms with Crippen molar-refractivity contribution >= 4 is 58.3 Å². The van der Waals surface area contributed by atoms with Crippen LogP contribution in [-0.2, 0) is 9.59 Å². The highest BCUT2D eigenvalue weighted by molar-refractivity contribution is 6.42. The molecular weight excluding hydrogens is 535 g/mol. The van der Waals surface area contributed by atoms with Crippen LogP contribution < -0.4 is 4.90 Å². The molecule has 2 atom stereocenters. The number of hydrogen-bond acceptors (Lipinski definition) is 3. The quantitative estimate of drug-likeness (QED) is 0.500. The van der Waals surface area contributed by atoms with E-state index in [0.717, 1.165) is 11.3 Å². The molecule has 4 amide bonds. The fraction of sp³-hybridized carbons (Fsp3) is 0.444. The van der Waals surface area contributed by atoms with Gasteiger partial charge in [0.05, 0.1) is 16.1 Å². The Morgan fingerprint density at radius 3 is 2.11 bits per heavy atom. The van der Waals surface area contributed by atoms with Crippen molar-refractivity contribution in [3.8, 4) is 0 Å². The molecule has 4 rings (SSSR count). The van der Waals surface area contributed by atoms with Crippen molar-refractivity contribution in [3.05, 3.63) is 63.1 Å². The van der Waals surface area contributed by atoms with E-state index in [9.17, 15) is 14.4 Å². The van der Waals surface area contributed by atoms with Gasteiger partial charge in [-0.2, -0.15) is 0 Å². The smallest absolute Gasteiger partial charge is 0.324 e. The van der Waals surface area contributed by atoms with E-state index >= 15 is 0 Å². The molecule has 2 heterocycles. The number of hydrogen-bond donors (Lipinski definition) is 0. The van der Waals surface area contributed by atoms with Crippen molar-refractivity contribution < 1.29 is 14.4 Å². The third kappa shape index (κ3) is 6.00. The van der Waals surface area contributed by atoms with E-state index in [1.807, 2.05) is 17.0 Å². The molecule has 0 saturated carbocycles. The molecule has 10 heteroatoms. The summed E-state index contributed by atoms with van der Waals surface area (Å²) in [5, 5.41) is 1.49. The number of carbonyl (C=O) groups is 3. The molecule has 2 aromatic carbocycles. The number of anilines is 1. The molecule has 0 aliphatic carbocycles. The SMILES string of the molecule is CC(=O)N1CCC(C(=O)N2C[C@@H](N(C)C(=O)N(C)c3ccc(Cl)cc3)[C@H](c3ccc(Cl)c(Cl)c3)C2)CC1. The van der Waals surface area contributed by atoms with E-state index in [4.69, 9.17) is 34.8 Å². The van der Waals surface area contributed by atoms with E-state index in [2.05, 4.69) is 0 Å². The Morgan fingerprint density at radius 2 is 1.51 bits per heavy atom. The molecule has 0 N–H and O–H groups in total. The number of rotatable bonds is 4. The Kier molecular flexibility index (Phi) is 8.56. The standard InChI is InChI=1S/C27H31Cl3N4O3/c1-17(35)33-12-10-18(11-13-33)26(36)34-15-22(19-4-9-23(29)24(30)14-19)25(16-34)32(3)27(37)31(2)21-7-5-20(28)6-8-21/h4-9,14,18,22,25H,10-13,15-16H2,1-3H3/t22-,25+/m0/s1. The molecule has 2 aliphatic rings. The zero-order valence-electron chi connectivity index (χ0n) is 21.2. The second-order valence-electron chi connectivity index (χ2n) is 9.80. The number of carbonyl (C=O) groups excluding carboxylic acids is 3. The van der Waals surface area contributed by atoms with Gasteiger partial charge in [-0.05, 0) is 54.8 Å². The summed E-state index contributed by atoms with van der Waals surface area (Å²) in [4.78, 5) is 45.7. The highest BCUT2D eigenvalue weighted by atomic mass is 35.5. The molecule has 0 unspecified atom stereocenters. The summed E-state index contributed by atoms with van der Waals surface area (Å²) in [5.74, 6) is -0.162. The molecule has 37 heavy (non-hydrogen) atoms. The van der Waals surface area contributed by atoms with Gasteiger partial charge in [0.15, 0.2) is 0 Å². The average molecular weight is 566 g/mol. The first-order chi connectivity index (χ1) is 17.6. The van der Waals surface area contributed by atoms with Gasteiger partial charge in [-0.1, -0.05) is 40.9 Å². The van der Waals surface area contributed by atoms with E-state index in [1.165, 1.54) is 0 Å². The largest absolute Gasteiger partial charge is 0.343 e. The Balaban J connectivity index is 1.56. The molecule has 2 aliphatic heterocycles. The van der Waals surface area contributed by atoms with Crippen molar-refractivity contribution in [1.29, 1.82) is 0 Å². The number of urea groups is 1. The number of likely N-dealkylation sites (N-methyl/N-ethyl adjacent to an activating group) is 1. The summed E-state index contributed by atoms with van der Waals surface area (Å²) in [6.45, 7) is 3.61. The average Bonchev–Trinajstić information content (AvgIpc) is 3.34. The Morgan fingerprint density at radius 1 is 0.865 bits per heavy atom. The van der Waals surface area contributed by atoms with Crippen LogP contribution in [0, 0.1) is 5.92 Å². The third-order valence-electron chi connectivity index (χ3n) is 7.56. The van der Waals surface area contributed by atoms with Crippen molar-refractivity contribution in [2.75, 3.05) is 45.2 Å². The highest BCUT2D eigenvalue weighted by Crippen LogP contribution is 2.36. The molecule has 2 aromatic rings. The van der Waals surface area contributed by atoms with Gasteiger partial charge >= 0.3 is 6.03 Å². The fourth-order valence-corrected chi connectivity index (χ4v) is 5.72. The summed E-state index contributed by atoms with van der Waals surface area (Å²) < 4.78 is 0. The van der Waals surface area contributed by atoms with E-state index in [0.29, 0.717) is 54.1 Å². The summed E-state index contributed by atoms with van der Waals surface area (Å²) in [5.41, 5.74) is 1.64. The lowest BCUT2D eigenvalue weighted by Crippen LogP contribution is -2.48. The van der Waals surface area contributed by atoms with Crippen molar-refractivity contribution in [2.45, 2.75) is 31.7 Å². The second-order valence-corrected chi connectivity index (χ2v) is 11.1. The van der Waals surface area contributed by atoms with E-state index < -0.39 is 0 Å². The first kappa shape index (κ1) is 27.6. The molecule has 0 aromatic heterocycles. The first-order valence-electron chi connectivity index (χ1n) is 12.3. The topological polar surface area (TPSA) is 64.2 Å². The Bertz CT molecular complexity index is 1170. The van der Waals surface area contributed by atoms with Crippen molar-refractivity contribution in [3.63, 3.8) is 0 Å². The Hall–Kier alpha value is -2.48. The molecule has 198 valence electrons. The minimum Gasteiger partial charge on any atom is -0.343 e. The minimum absolute atomic E-state index is 0.0387. The third-order valence-corrected chi connectivity index (χ3v) is 8.55. The molecule has 0 spiro atoms. The fourth-order valence-electron chi connectivity index (χ4n) is 5.28. The molecule has 2 fully saturated rings. The van der Waals surface area contributed by atoms with Crippen LogP contribution in [0.5, 0.6) is 0 Å². The Labute approximate surface area is 232 Å². The van der Waals surface area contributed by atoms with Crippen LogP contribution in [-0.4, -0.2) is 78.9 Å². The highest BCUT2D eigenvalue weighted by Gasteiger charge is 2.42. The van der Waals surface area contributed by atoms with Crippen LogP contribution in [0.4, 0.5) is 10.5 Å². The van der Waals surface area contributed by atoms with Gasteiger partial charge in [0.1, 0.15) is 0 Å².